The number of carbonyl (C=O) groups is 2. The summed E-state index contributed by atoms with van der Waals surface area (Å²) in [5.74, 6) is -0.234. The van der Waals surface area contributed by atoms with Gasteiger partial charge >= 0.3 is 0 Å². The molecule has 8 nitrogen and oxygen atoms in total. The van der Waals surface area contributed by atoms with Gasteiger partial charge in [0.05, 0.1) is 18.6 Å². The van der Waals surface area contributed by atoms with Gasteiger partial charge in [0, 0.05) is 24.0 Å². The predicted octanol–water partition coefficient (Wildman–Crippen LogP) is 5.06. The molecule has 3 aromatic rings. The lowest BCUT2D eigenvalue weighted by atomic mass is 10.0. The molecule has 220 valence electrons. The first-order chi connectivity index (χ1) is 19.5. The zero-order chi connectivity index (χ0) is 30.0. The zero-order valence-corrected chi connectivity index (χ0v) is 25.5. The smallest absolute Gasteiger partial charge is 0.244 e. The average Bonchev–Trinajstić information content (AvgIpc) is 2.95. The molecule has 0 aromatic heterocycles. The minimum atomic E-state index is -3.85. The summed E-state index contributed by atoms with van der Waals surface area (Å²) in [5.41, 5.74) is 1.95. The van der Waals surface area contributed by atoms with Crippen molar-refractivity contribution in [2.75, 3.05) is 23.7 Å². The van der Waals surface area contributed by atoms with Crippen LogP contribution in [0.5, 0.6) is 5.75 Å². The summed E-state index contributed by atoms with van der Waals surface area (Å²) in [7, 11) is -3.85. The largest absolute Gasteiger partial charge is 0.494 e. The molecule has 0 aliphatic carbocycles. The maximum atomic E-state index is 14.1. The SMILES string of the molecule is CCOc1ccc(N(CC(=O)N(Cc2ccc(Cl)cc2)[C@@H](Cc2ccccc2)C(=O)N[C@@H](C)CC)S(C)(=O)=O)cc1. The van der Waals surface area contributed by atoms with Crippen LogP contribution >= 0.6 is 11.6 Å². The Hall–Kier alpha value is -3.56. The molecule has 0 aliphatic rings. The molecule has 0 aliphatic heterocycles. The Morgan fingerprint density at radius 1 is 0.927 bits per heavy atom. The van der Waals surface area contributed by atoms with Crippen LogP contribution in [0.15, 0.2) is 78.9 Å². The van der Waals surface area contributed by atoms with Gasteiger partial charge in [-0.25, -0.2) is 8.42 Å². The number of sulfonamides is 1. The number of halogens is 1. The summed E-state index contributed by atoms with van der Waals surface area (Å²) in [5, 5.41) is 3.56. The van der Waals surface area contributed by atoms with E-state index < -0.39 is 28.5 Å². The van der Waals surface area contributed by atoms with Crippen molar-refractivity contribution < 1.29 is 22.7 Å². The van der Waals surface area contributed by atoms with Crippen molar-refractivity contribution in [3.63, 3.8) is 0 Å². The summed E-state index contributed by atoms with van der Waals surface area (Å²) >= 11 is 6.10. The van der Waals surface area contributed by atoms with Gasteiger partial charge in [0.1, 0.15) is 18.3 Å². The van der Waals surface area contributed by atoms with Crippen molar-refractivity contribution in [3.8, 4) is 5.75 Å². The van der Waals surface area contributed by atoms with E-state index in [2.05, 4.69) is 5.32 Å². The number of benzene rings is 3. The van der Waals surface area contributed by atoms with Crippen molar-refractivity contribution in [3.05, 3.63) is 95.0 Å². The monoisotopic (exact) mass is 599 g/mol. The first kappa shape index (κ1) is 32.0. The molecule has 3 aromatic carbocycles. The fourth-order valence-electron chi connectivity index (χ4n) is 4.27. The van der Waals surface area contributed by atoms with Gasteiger partial charge in [-0.1, -0.05) is 61.0 Å². The van der Waals surface area contributed by atoms with Crippen molar-refractivity contribution in [2.24, 2.45) is 0 Å². The lowest BCUT2D eigenvalue weighted by molar-refractivity contribution is -0.140. The molecule has 10 heteroatoms. The van der Waals surface area contributed by atoms with Crippen molar-refractivity contribution in [1.82, 2.24) is 10.2 Å². The third kappa shape index (κ3) is 9.50. The third-order valence-electron chi connectivity index (χ3n) is 6.65. The Kier molecular flexibility index (Phi) is 11.6. The van der Waals surface area contributed by atoms with Gasteiger partial charge in [-0.15, -0.1) is 0 Å². The fourth-order valence-corrected chi connectivity index (χ4v) is 5.25. The highest BCUT2D eigenvalue weighted by atomic mass is 35.5. The van der Waals surface area contributed by atoms with Crippen LogP contribution in [0, 0.1) is 0 Å². The van der Waals surface area contributed by atoms with Gasteiger partial charge in [0.25, 0.3) is 0 Å². The molecule has 3 rings (SSSR count). The number of nitrogens with one attached hydrogen (secondary N) is 1. The van der Waals surface area contributed by atoms with Crippen molar-refractivity contribution in [2.45, 2.75) is 52.2 Å². The van der Waals surface area contributed by atoms with Crippen molar-refractivity contribution in [1.29, 1.82) is 0 Å². The standard InChI is InChI=1S/C31H38ClN3O5S/c1-5-23(3)33-31(37)29(20-24-10-8-7-9-11-24)34(21-25-12-14-26(32)15-13-25)30(36)22-35(41(4,38)39)27-16-18-28(19-17-27)40-6-2/h7-19,23,29H,5-6,20-22H2,1-4H3,(H,33,37)/t23-,29-/m0/s1. The number of ether oxygens (including phenoxy) is 1. The Balaban J connectivity index is 2.03. The second-order valence-electron chi connectivity index (χ2n) is 9.87. The first-order valence-electron chi connectivity index (χ1n) is 13.6. The number of amides is 2. The second kappa shape index (κ2) is 14.9. The lowest BCUT2D eigenvalue weighted by Gasteiger charge is -2.34. The summed E-state index contributed by atoms with van der Waals surface area (Å²) < 4.78 is 32.3. The molecular weight excluding hydrogens is 562 g/mol. The second-order valence-corrected chi connectivity index (χ2v) is 12.2. The Bertz CT molecular complexity index is 1380. The maximum Gasteiger partial charge on any atom is 0.244 e. The molecular formula is C31H38ClN3O5S. The Morgan fingerprint density at radius 2 is 1.56 bits per heavy atom. The minimum absolute atomic E-state index is 0.0856. The van der Waals surface area contributed by atoms with Crippen LogP contribution in [0.3, 0.4) is 0 Å². The Morgan fingerprint density at radius 3 is 2.12 bits per heavy atom. The quantitative estimate of drug-likeness (QED) is 0.279. The average molecular weight is 600 g/mol. The summed E-state index contributed by atoms with van der Waals surface area (Å²) in [6, 6.07) is 22.0. The molecule has 0 saturated heterocycles. The van der Waals surface area contributed by atoms with Crippen LogP contribution in [-0.2, 0) is 32.6 Å². The third-order valence-corrected chi connectivity index (χ3v) is 8.05. The van der Waals surface area contributed by atoms with E-state index in [9.17, 15) is 18.0 Å². The number of hydrogen-bond acceptors (Lipinski definition) is 5. The predicted molar refractivity (Wildman–Crippen MR) is 164 cm³/mol. The molecule has 2 atom stereocenters. The number of hydrogen-bond donors (Lipinski definition) is 1. The molecule has 0 radical (unpaired) electrons. The number of rotatable bonds is 14. The van der Waals surface area contributed by atoms with Crippen LogP contribution in [0.1, 0.15) is 38.3 Å². The molecule has 2 amide bonds. The van der Waals surface area contributed by atoms with Crippen LogP contribution in [-0.4, -0.2) is 56.6 Å². The molecule has 41 heavy (non-hydrogen) atoms. The molecule has 0 unspecified atom stereocenters. The van der Waals surface area contributed by atoms with Gasteiger partial charge in [0.2, 0.25) is 21.8 Å². The van der Waals surface area contributed by atoms with Crippen LogP contribution in [0.4, 0.5) is 5.69 Å². The van der Waals surface area contributed by atoms with E-state index in [1.165, 1.54) is 4.90 Å². The molecule has 0 fully saturated rings. The highest BCUT2D eigenvalue weighted by Gasteiger charge is 2.33. The van der Waals surface area contributed by atoms with Crippen LogP contribution < -0.4 is 14.4 Å². The normalized spacial score (nSPS) is 12.7. The highest BCUT2D eigenvalue weighted by Crippen LogP contribution is 2.23. The van der Waals surface area contributed by atoms with Gasteiger partial charge in [-0.3, -0.25) is 13.9 Å². The van der Waals surface area contributed by atoms with Gasteiger partial charge in [-0.05, 0) is 67.8 Å². The lowest BCUT2D eigenvalue weighted by Crippen LogP contribution is -2.54. The molecule has 1 N–H and O–H groups in total. The molecule has 0 saturated carbocycles. The van der Waals surface area contributed by atoms with E-state index >= 15 is 0 Å². The maximum absolute atomic E-state index is 14.1. The first-order valence-corrected chi connectivity index (χ1v) is 15.8. The van der Waals surface area contributed by atoms with E-state index in [1.807, 2.05) is 51.1 Å². The van der Waals surface area contributed by atoms with E-state index in [-0.39, 0.29) is 24.9 Å². The van der Waals surface area contributed by atoms with Gasteiger partial charge < -0.3 is 15.0 Å². The number of carbonyl (C=O) groups excluding carboxylic acids is 2. The summed E-state index contributed by atoms with van der Waals surface area (Å²) in [6.07, 6.45) is 2.02. The number of anilines is 1. The molecule has 0 spiro atoms. The van der Waals surface area contributed by atoms with Crippen LogP contribution in [0.2, 0.25) is 5.02 Å². The highest BCUT2D eigenvalue weighted by molar-refractivity contribution is 7.92. The van der Waals surface area contributed by atoms with Crippen LogP contribution in [0.25, 0.3) is 0 Å². The molecule has 0 bridgehead atoms. The number of nitrogens with zero attached hydrogens (tertiary/aromatic N) is 2. The summed E-state index contributed by atoms with van der Waals surface area (Å²) in [4.78, 5) is 29.2. The fraction of sp³-hybridized carbons (Fsp3) is 0.355. The van der Waals surface area contributed by atoms with E-state index in [1.54, 1.807) is 48.5 Å². The minimum Gasteiger partial charge on any atom is -0.494 e. The van der Waals surface area contributed by atoms with Crippen molar-refractivity contribution >= 4 is 39.1 Å². The molecule has 0 heterocycles. The Labute approximate surface area is 248 Å². The zero-order valence-electron chi connectivity index (χ0n) is 23.9. The van der Waals surface area contributed by atoms with E-state index in [4.69, 9.17) is 16.3 Å². The van der Waals surface area contributed by atoms with E-state index in [0.29, 0.717) is 29.5 Å². The van der Waals surface area contributed by atoms with E-state index in [0.717, 1.165) is 21.7 Å². The van der Waals surface area contributed by atoms with Gasteiger partial charge in [-0.2, -0.15) is 0 Å². The van der Waals surface area contributed by atoms with Gasteiger partial charge in [0.15, 0.2) is 0 Å². The topological polar surface area (TPSA) is 96.0 Å². The summed E-state index contributed by atoms with van der Waals surface area (Å²) in [6.45, 7) is 5.79.